The monoisotopic (exact) mass is 374 g/mol. The average Bonchev–Trinajstić information content (AvgIpc) is 2.54. The topological polar surface area (TPSA) is 66.5 Å². The Morgan fingerprint density at radius 3 is 2.31 bits per heavy atom. The number of nitrogens with zero attached hydrogens (tertiary/aromatic N) is 1. The van der Waals surface area contributed by atoms with Crippen LogP contribution in [-0.2, 0) is 14.8 Å². The number of sulfonamides is 1. The Morgan fingerprint density at radius 2 is 1.69 bits per heavy atom. The van der Waals surface area contributed by atoms with E-state index in [1.807, 2.05) is 58.0 Å². The van der Waals surface area contributed by atoms with Crippen LogP contribution in [0.3, 0.4) is 0 Å². The zero-order valence-electron chi connectivity index (χ0n) is 16.1. The predicted molar refractivity (Wildman–Crippen MR) is 107 cm³/mol. The summed E-state index contributed by atoms with van der Waals surface area (Å²) in [6, 6.07) is 10.3. The number of hydrogen-bond acceptors (Lipinski definition) is 3. The molecule has 1 N–H and O–H groups in total. The molecule has 0 saturated heterocycles. The summed E-state index contributed by atoms with van der Waals surface area (Å²) in [5, 5.41) is 2.86. The van der Waals surface area contributed by atoms with Crippen molar-refractivity contribution < 1.29 is 13.2 Å². The molecule has 0 saturated carbocycles. The molecule has 2 aromatic carbocycles. The van der Waals surface area contributed by atoms with Crippen molar-refractivity contribution in [1.29, 1.82) is 0 Å². The van der Waals surface area contributed by atoms with Gasteiger partial charge in [0.05, 0.1) is 11.9 Å². The Labute approximate surface area is 156 Å². The maximum absolute atomic E-state index is 12.8. The number of nitrogens with one attached hydrogen (secondary N) is 1. The van der Waals surface area contributed by atoms with Crippen LogP contribution in [0.2, 0.25) is 0 Å². The lowest BCUT2D eigenvalue weighted by molar-refractivity contribution is -0.116. The van der Waals surface area contributed by atoms with E-state index in [0.717, 1.165) is 28.5 Å². The third-order valence-electron chi connectivity index (χ3n) is 4.55. The summed E-state index contributed by atoms with van der Waals surface area (Å²) in [5.41, 5.74) is 4.97. The second kappa shape index (κ2) is 7.50. The fourth-order valence-electron chi connectivity index (χ4n) is 2.86. The van der Waals surface area contributed by atoms with Crippen LogP contribution in [0, 0.1) is 27.7 Å². The molecule has 0 aliphatic carbocycles. The molecule has 1 atom stereocenters. The number of carbonyl (C=O) groups is 1. The van der Waals surface area contributed by atoms with Crippen molar-refractivity contribution in [3.8, 4) is 0 Å². The molecular formula is C20H26N2O3S. The SMILES string of the molecule is Cc1ccc(C)c(N([C@H](C)C(=O)Nc2cccc(C)c2C)S(C)(=O)=O)c1. The van der Waals surface area contributed by atoms with E-state index in [1.54, 1.807) is 13.0 Å². The molecule has 0 aliphatic heterocycles. The first-order valence-electron chi connectivity index (χ1n) is 8.46. The van der Waals surface area contributed by atoms with Crippen LogP contribution in [0.4, 0.5) is 11.4 Å². The molecule has 26 heavy (non-hydrogen) atoms. The highest BCUT2D eigenvalue weighted by Crippen LogP contribution is 2.27. The van der Waals surface area contributed by atoms with E-state index in [4.69, 9.17) is 0 Å². The van der Waals surface area contributed by atoms with E-state index in [1.165, 1.54) is 4.31 Å². The Balaban J connectivity index is 2.41. The van der Waals surface area contributed by atoms with Crippen LogP contribution in [0.1, 0.15) is 29.2 Å². The third-order valence-corrected chi connectivity index (χ3v) is 5.78. The Bertz CT molecular complexity index is 936. The van der Waals surface area contributed by atoms with Crippen molar-refractivity contribution >= 4 is 27.3 Å². The van der Waals surface area contributed by atoms with Crippen LogP contribution in [0.25, 0.3) is 0 Å². The van der Waals surface area contributed by atoms with Crippen LogP contribution in [-0.4, -0.2) is 26.6 Å². The first-order chi connectivity index (χ1) is 12.0. The molecule has 0 spiro atoms. The van der Waals surface area contributed by atoms with Crippen molar-refractivity contribution in [2.75, 3.05) is 15.9 Å². The summed E-state index contributed by atoms with van der Waals surface area (Å²) >= 11 is 0. The van der Waals surface area contributed by atoms with Crippen LogP contribution < -0.4 is 9.62 Å². The molecular weight excluding hydrogens is 348 g/mol. The van der Waals surface area contributed by atoms with Gasteiger partial charge in [-0.15, -0.1) is 0 Å². The largest absolute Gasteiger partial charge is 0.324 e. The standard InChI is InChI=1S/C20H26N2O3S/c1-13-10-11-15(3)19(12-13)22(26(6,24)25)17(5)20(23)21-18-9-7-8-14(2)16(18)4/h7-12,17H,1-6H3,(H,21,23)/t17-/m1/s1. The van der Waals surface area contributed by atoms with Crippen molar-refractivity contribution in [2.24, 2.45) is 0 Å². The highest BCUT2D eigenvalue weighted by Gasteiger charge is 2.30. The summed E-state index contributed by atoms with van der Waals surface area (Å²) in [4.78, 5) is 12.8. The molecule has 0 bridgehead atoms. The second-order valence-corrected chi connectivity index (χ2v) is 8.62. The number of carbonyl (C=O) groups excluding carboxylic acids is 1. The number of hydrogen-bond donors (Lipinski definition) is 1. The molecule has 2 rings (SSSR count). The number of rotatable bonds is 5. The summed E-state index contributed by atoms with van der Waals surface area (Å²) in [7, 11) is -3.64. The molecule has 0 unspecified atom stereocenters. The van der Waals surface area contributed by atoms with Crippen LogP contribution in [0.5, 0.6) is 0 Å². The minimum atomic E-state index is -3.64. The van der Waals surface area contributed by atoms with Gasteiger partial charge in [0.2, 0.25) is 15.9 Å². The highest BCUT2D eigenvalue weighted by atomic mass is 32.2. The molecule has 2 aromatic rings. The molecule has 0 heterocycles. The van der Waals surface area contributed by atoms with Crippen molar-refractivity contribution in [1.82, 2.24) is 0 Å². The minimum Gasteiger partial charge on any atom is -0.324 e. The molecule has 0 aliphatic rings. The molecule has 0 aromatic heterocycles. The van der Waals surface area contributed by atoms with Gasteiger partial charge < -0.3 is 5.32 Å². The van der Waals surface area contributed by atoms with Gasteiger partial charge in [0.15, 0.2) is 0 Å². The van der Waals surface area contributed by atoms with Gasteiger partial charge in [0, 0.05) is 5.69 Å². The van der Waals surface area contributed by atoms with Gasteiger partial charge in [0.1, 0.15) is 6.04 Å². The number of anilines is 2. The number of aryl methyl sites for hydroxylation is 3. The van der Waals surface area contributed by atoms with Crippen LogP contribution >= 0.6 is 0 Å². The van der Waals surface area contributed by atoms with Crippen LogP contribution in [0.15, 0.2) is 36.4 Å². The van der Waals surface area contributed by atoms with Crippen molar-refractivity contribution in [3.63, 3.8) is 0 Å². The Morgan fingerprint density at radius 1 is 1.04 bits per heavy atom. The second-order valence-electron chi connectivity index (χ2n) is 6.76. The summed E-state index contributed by atoms with van der Waals surface area (Å²) < 4.78 is 26.1. The fraction of sp³-hybridized carbons (Fsp3) is 0.350. The van der Waals surface area contributed by atoms with E-state index in [0.29, 0.717) is 11.4 Å². The van der Waals surface area contributed by atoms with E-state index in [-0.39, 0.29) is 5.91 Å². The molecule has 0 fully saturated rings. The molecule has 1 amide bonds. The van der Waals surface area contributed by atoms with E-state index >= 15 is 0 Å². The summed E-state index contributed by atoms with van der Waals surface area (Å²) in [6.45, 7) is 9.22. The lowest BCUT2D eigenvalue weighted by atomic mass is 10.1. The smallest absolute Gasteiger partial charge is 0.248 e. The first-order valence-corrected chi connectivity index (χ1v) is 10.3. The van der Waals surface area contributed by atoms with Gasteiger partial charge in [-0.05, 0) is 69.0 Å². The quantitative estimate of drug-likeness (QED) is 0.867. The third kappa shape index (κ3) is 4.25. The van der Waals surface area contributed by atoms with E-state index < -0.39 is 16.1 Å². The molecule has 140 valence electrons. The number of benzene rings is 2. The average molecular weight is 375 g/mol. The van der Waals surface area contributed by atoms with E-state index in [9.17, 15) is 13.2 Å². The zero-order valence-corrected chi connectivity index (χ0v) is 16.9. The molecule has 6 heteroatoms. The van der Waals surface area contributed by atoms with Crippen molar-refractivity contribution in [2.45, 2.75) is 40.7 Å². The Hall–Kier alpha value is -2.34. The lowest BCUT2D eigenvalue weighted by Gasteiger charge is -2.30. The lowest BCUT2D eigenvalue weighted by Crippen LogP contribution is -2.45. The first kappa shape index (κ1) is 20.0. The van der Waals surface area contributed by atoms with Gasteiger partial charge in [-0.2, -0.15) is 0 Å². The van der Waals surface area contributed by atoms with Crippen molar-refractivity contribution in [3.05, 3.63) is 58.7 Å². The summed E-state index contributed by atoms with van der Waals surface area (Å²) in [6.07, 6.45) is 1.12. The van der Waals surface area contributed by atoms with Gasteiger partial charge >= 0.3 is 0 Å². The summed E-state index contributed by atoms with van der Waals surface area (Å²) in [5.74, 6) is -0.370. The highest BCUT2D eigenvalue weighted by molar-refractivity contribution is 7.92. The van der Waals surface area contributed by atoms with Gasteiger partial charge in [-0.25, -0.2) is 8.42 Å². The van der Waals surface area contributed by atoms with Gasteiger partial charge in [-0.1, -0.05) is 24.3 Å². The van der Waals surface area contributed by atoms with Gasteiger partial charge in [-0.3, -0.25) is 9.10 Å². The molecule has 0 radical (unpaired) electrons. The maximum Gasteiger partial charge on any atom is 0.248 e. The van der Waals surface area contributed by atoms with E-state index in [2.05, 4.69) is 5.32 Å². The normalized spacial score (nSPS) is 12.5. The molecule has 5 nitrogen and oxygen atoms in total. The Kier molecular flexibility index (Phi) is 5.76. The number of amides is 1. The fourth-order valence-corrected chi connectivity index (χ4v) is 4.09. The predicted octanol–water partition coefficient (Wildman–Crippen LogP) is 3.71. The maximum atomic E-state index is 12.8. The minimum absolute atomic E-state index is 0.370. The van der Waals surface area contributed by atoms with Gasteiger partial charge in [0.25, 0.3) is 0 Å². The zero-order chi connectivity index (χ0) is 19.6.